The van der Waals surface area contributed by atoms with Gasteiger partial charge >= 0.3 is 5.97 Å². The molecule has 5 nitrogen and oxygen atoms in total. The fraction of sp³-hybridized carbons (Fsp3) is 0.105. The van der Waals surface area contributed by atoms with Crippen LogP contribution in [0.3, 0.4) is 0 Å². The first-order chi connectivity index (χ1) is 12.6. The molecule has 0 aromatic heterocycles. The molecule has 132 valence electrons. The standard InChI is InChI=1S/C19H15FN2O3S/c1-25-17(23)12-26-19-21-16(11-13-5-3-2-4-6-13)18(24)22(19)15-9-7-14(20)8-10-15/h2-11H,12H2,1H3/b16-11-. The number of benzene rings is 2. The van der Waals surface area contributed by atoms with Gasteiger partial charge < -0.3 is 4.74 Å². The lowest BCUT2D eigenvalue weighted by Crippen LogP contribution is -2.30. The Kier molecular flexibility index (Phi) is 5.48. The Hall–Kier alpha value is -2.93. The smallest absolute Gasteiger partial charge is 0.316 e. The molecule has 1 amide bonds. The quantitative estimate of drug-likeness (QED) is 0.611. The molecule has 0 atom stereocenters. The summed E-state index contributed by atoms with van der Waals surface area (Å²) in [7, 11) is 1.29. The lowest BCUT2D eigenvalue weighted by atomic mass is 10.2. The normalized spacial score (nSPS) is 15.3. The van der Waals surface area contributed by atoms with Crippen LogP contribution in [0.25, 0.3) is 6.08 Å². The Morgan fingerprint density at radius 1 is 1.19 bits per heavy atom. The number of aliphatic imine (C=N–C) groups is 1. The minimum absolute atomic E-state index is 0.0128. The molecule has 3 rings (SSSR count). The highest BCUT2D eigenvalue weighted by Gasteiger charge is 2.32. The second-order valence-corrected chi connectivity index (χ2v) is 6.26. The van der Waals surface area contributed by atoms with E-state index in [4.69, 9.17) is 0 Å². The molecule has 0 aliphatic carbocycles. The number of methoxy groups -OCH3 is 1. The maximum Gasteiger partial charge on any atom is 0.316 e. The summed E-state index contributed by atoms with van der Waals surface area (Å²) >= 11 is 1.09. The van der Waals surface area contributed by atoms with E-state index in [-0.39, 0.29) is 17.4 Å². The van der Waals surface area contributed by atoms with E-state index in [0.717, 1.165) is 17.3 Å². The molecule has 0 unspecified atom stereocenters. The topological polar surface area (TPSA) is 59.0 Å². The Bertz CT molecular complexity index is 879. The minimum Gasteiger partial charge on any atom is -0.468 e. The Balaban J connectivity index is 1.94. The number of carbonyl (C=O) groups excluding carboxylic acids is 2. The molecule has 1 heterocycles. The van der Waals surface area contributed by atoms with Crippen molar-refractivity contribution in [2.75, 3.05) is 17.8 Å². The van der Waals surface area contributed by atoms with Crippen molar-refractivity contribution in [3.63, 3.8) is 0 Å². The maximum absolute atomic E-state index is 13.2. The summed E-state index contributed by atoms with van der Waals surface area (Å²) in [5.74, 6) is -1.16. The van der Waals surface area contributed by atoms with Crippen molar-refractivity contribution in [2.24, 2.45) is 4.99 Å². The third kappa shape index (κ3) is 4.00. The van der Waals surface area contributed by atoms with Crippen molar-refractivity contribution in [1.82, 2.24) is 0 Å². The lowest BCUT2D eigenvalue weighted by molar-refractivity contribution is -0.137. The van der Waals surface area contributed by atoms with E-state index in [9.17, 15) is 14.0 Å². The van der Waals surface area contributed by atoms with Crippen LogP contribution in [-0.4, -0.2) is 29.9 Å². The van der Waals surface area contributed by atoms with Crippen LogP contribution in [0.15, 0.2) is 65.3 Å². The first kappa shape index (κ1) is 17.9. The summed E-state index contributed by atoms with van der Waals surface area (Å²) in [4.78, 5) is 30.0. The van der Waals surface area contributed by atoms with Gasteiger partial charge in [-0.1, -0.05) is 42.1 Å². The van der Waals surface area contributed by atoms with Crippen LogP contribution in [0.5, 0.6) is 0 Å². The fourth-order valence-electron chi connectivity index (χ4n) is 2.30. The number of amidine groups is 1. The van der Waals surface area contributed by atoms with Crippen molar-refractivity contribution in [1.29, 1.82) is 0 Å². The van der Waals surface area contributed by atoms with Gasteiger partial charge in [0.05, 0.1) is 18.6 Å². The lowest BCUT2D eigenvalue weighted by Gasteiger charge is -2.17. The molecule has 7 heteroatoms. The number of ether oxygens (including phenoxy) is 1. The highest BCUT2D eigenvalue weighted by Crippen LogP contribution is 2.29. The van der Waals surface area contributed by atoms with Crippen LogP contribution in [0, 0.1) is 5.82 Å². The Morgan fingerprint density at radius 2 is 1.88 bits per heavy atom. The number of anilines is 1. The summed E-state index contributed by atoms with van der Waals surface area (Å²) in [6, 6.07) is 14.8. The molecule has 0 saturated heterocycles. The second-order valence-electron chi connectivity index (χ2n) is 5.32. The molecule has 2 aromatic carbocycles. The number of amides is 1. The average molecular weight is 370 g/mol. The van der Waals surface area contributed by atoms with Gasteiger partial charge in [0, 0.05) is 0 Å². The predicted molar refractivity (Wildman–Crippen MR) is 100 cm³/mol. The highest BCUT2D eigenvalue weighted by molar-refractivity contribution is 8.14. The van der Waals surface area contributed by atoms with Crippen LogP contribution in [0.2, 0.25) is 0 Å². The second kappa shape index (κ2) is 7.97. The third-order valence-electron chi connectivity index (χ3n) is 3.56. The van der Waals surface area contributed by atoms with Crippen molar-refractivity contribution in [2.45, 2.75) is 0 Å². The maximum atomic E-state index is 13.2. The highest BCUT2D eigenvalue weighted by atomic mass is 32.2. The predicted octanol–water partition coefficient (Wildman–Crippen LogP) is 3.48. The van der Waals surface area contributed by atoms with Gasteiger partial charge in [-0.05, 0) is 35.9 Å². The molecule has 0 N–H and O–H groups in total. The Labute approximate surface area is 154 Å². The van der Waals surface area contributed by atoms with Crippen LogP contribution >= 0.6 is 11.8 Å². The molecule has 0 radical (unpaired) electrons. The van der Waals surface area contributed by atoms with Gasteiger partial charge in [0.1, 0.15) is 11.5 Å². The number of carbonyl (C=O) groups is 2. The molecule has 0 saturated carbocycles. The molecule has 0 bridgehead atoms. The van der Waals surface area contributed by atoms with E-state index in [2.05, 4.69) is 9.73 Å². The summed E-state index contributed by atoms with van der Waals surface area (Å²) < 4.78 is 17.9. The SMILES string of the molecule is COC(=O)CSC1=N/C(=C\c2ccccc2)C(=O)N1c1ccc(F)cc1. The molecular formula is C19H15FN2O3S. The Morgan fingerprint density at radius 3 is 2.54 bits per heavy atom. The average Bonchev–Trinajstić information content (AvgIpc) is 2.97. The fourth-order valence-corrected chi connectivity index (χ4v) is 3.15. The van der Waals surface area contributed by atoms with Gasteiger partial charge in [-0.2, -0.15) is 0 Å². The van der Waals surface area contributed by atoms with Crippen molar-refractivity contribution in [3.05, 3.63) is 71.7 Å². The molecule has 0 spiro atoms. The number of thioether (sulfide) groups is 1. The van der Waals surface area contributed by atoms with E-state index in [1.165, 1.54) is 36.3 Å². The zero-order valence-corrected chi connectivity index (χ0v) is 14.7. The summed E-state index contributed by atoms with van der Waals surface area (Å²) in [6.45, 7) is 0. The molecule has 2 aromatic rings. The van der Waals surface area contributed by atoms with E-state index in [0.29, 0.717) is 10.9 Å². The minimum atomic E-state index is -0.426. The molecule has 26 heavy (non-hydrogen) atoms. The van der Waals surface area contributed by atoms with Gasteiger partial charge in [0.15, 0.2) is 5.17 Å². The van der Waals surface area contributed by atoms with Gasteiger partial charge in [0.25, 0.3) is 5.91 Å². The number of nitrogens with zero attached hydrogens (tertiary/aromatic N) is 2. The van der Waals surface area contributed by atoms with E-state index in [1.54, 1.807) is 6.08 Å². The number of hydrogen-bond donors (Lipinski definition) is 0. The number of esters is 1. The molecular weight excluding hydrogens is 355 g/mol. The molecule has 1 aliphatic rings. The van der Waals surface area contributed by atoms with E-state index >= 15 is 0 Å². The van der Waals surface area contributed by atoms with Gasteiger partial charge in [-0.15, -0.1) is 0 Å². The largest absolute Gasteiger partial charge is 0.468 e. The molecule has 1 aliphatic heterocycles. The first-order valence-electron chi connectivity index (χ1n) is 7.73. The van der Waals surface area contributed by atoms with Crippen LogP contribution in [0.1, 0.15) is 5.56 Å². The van der Waals surface area contributed by atoms with E-state index in [1.807, 2.05) is 30.3 Å². The van der Waals surface area contributed by atoms with Crippen LogP contribution < -0.4 is 4.90 Å². The van der Waals surface area contributed by atoms with E-state index < -0.39 is 11.8 Å². The first-order valence-corrected chi connectivity index (χ1v) is 8.72. The number of halogens is 1. The monoisotopic (exact) mass is 370 g/mol. The number of rotatable bonds is 4. The van der Waals surface area contributed by atoms with Gasteiger partial charge in [-0.25, -0.2) is 9.38 Å². The zero-order chi connectivity index (χ0) is 18.5. The van der Waals surface area contributed by atoms with Crippen LogP contribution in [-0.2, 0) is 14.3 Å². The zero-order valence-electron chi connectivity index (χ0n) is 13.9. The van der Waals surface area contributed by atoms with Gasteiger partial charge in [0.2, 0.25) is 0 Å². The summed E-state index contributed by atoms with van der Waals surface area (Å²) in [5, 5.41) is 0.342. The summed E-state index contributed by atoms with van der Waals surface area (Å²) in [6.07, 6.45) is 1.67. The number of hydrogen-bond acceptors (Lipinski definition) is 5. The van der Waals surface area contributed by atoms with Crippen molar-refractivity contribution < 1.29 is 18.7 Å². The van der Waals surface area contributed by atoms with Crippen molar-refractivity contribution >= 4 is 40.6 Å². The summed E-state index contributed by atoms with van der Waals surface area (Å²) in [5.41, 5.74) is 1.55. The van der Waals surface area contributed by atoms with Gasteiger partial charge in [-0.3, -0.25) is 14.5 Å². The molecule has 0 fully saturated rings. The van der Waals surface area contributed by atoms with Crippen molar-refractivity contribution in [3.8, 4) is 0 Å². The van der Waals surface area contributed by atoms with Crippen LogP contribution in [0.4, 0.5) is 10.1 Å². The third-order valence-corrected chi connectivity index (χ3v) is 4.48.